The van der Waals surface area contributed by atoms with E-state index in [0.717, 1.165) is 6.07 Å². The quantitative estimate of drug-likeness (QED) is 0.611. The number of nitrogens with zero attached hydrogens (tertiary/aromatic N) is 1. The first-order valence-electron chi connectivity index (χ1n) is 7.09. The average Bonchev–Trinajstić information content (AvgIpc) is 2.58. The van der Waals surface area contributed by atoms with Crippen molar-refractivity contribution in [2.24, 2.45) is 0 Å². The van der Waals surface area contributed by atoms with Crippen LogP contribution < -0.4 is 10.1 Å². The van der Waals surface area contributed by atoms with E-state index in [4.69, 9.17) is 21.1 Å². The molecule has 1 heterocycles. The number of rotatable bonds is 6. The Hall–Kier alpha value is -2.48. The first kappa shape index (κ1) is 18.9. The summed E-state index contributed by atoms with van der Waals surface area (Å²) in [6.07, 6.45) is -3.83. The van der Waals surface area contributed by atoms with Gasteiger partial charge >= 0.3 is 12.1 Å². The Morgan fingerprint density at radius 2 is 1.96 bits per heavy atom. The normalized spacial score (nSPS) is 11.1. The van der Waals surface area contributed by atoms with Crippen LogP contribution in [0.2, 0.25) is 5.02 Å². The van der Waals surface area contributed by atoms with E-state index in [9.17, 15) is 18.0 Å². The first-order valence-corrected chi connectivity index (χ1v) is 7.47. The van der Waals surface area contributed by atoms with Gasteiger partial charge in [0.15, 0.2) is 0 Å². The van der Waals surface area contributed by atoms with Crippen molar-refractivity contribution in [3.05, 3.63) is 52.7 Å². The molecule has 0 atom stereocenters. The molecule has 1 N–H and O–H groups in total. The molecule has 0 saturated heterocycles. The van der Waals surface area contributed by atoms with Crippen LogP contribution in [0.4, 0.5) is 19.0 Å². The standard InChI is InChI=1S/C16H14ClF3N2O3/c1-24-12-4-2-10(3-5-12)15(23)25-7-6-21-14-13(17)8-11(9-22-14)16(18,19)20/h2-5,8-9H,6-7H2,1H3,(H,21,22). The van der Waals surface area contributed by atoms with Crippen molar-refractivity contribution in [3.63, 3.8) is 0 Å². The lowest BCUT2D eigenvalue weighted by Gasteiger charge is -2.11. The molecule has 0 bridgehead atoms. The van der Waals surface area contributed by atoms with Crippen molar-refractivity contribution in [1.82, 2.24) is 4.98 Å². The first-order chi connectivity index (χ1) is 11.8. The van der Waals surface area contributed by atoms with Crippen molar-refractivity contribution >= 4 is 23.4 Å². The fraction of sp³-hybridized carbons (Fsp3) is 0.250. The number of esters is 1. The van der Waals surface area contributed by atoms with Crippen molar-refractivity contribution in [2.45, 2.75) is 6.18 Å². The summed E-state index contributed by atoms with van der Waals surface area (Å²) < 4.78 is 47.6. The molecule has 5 nitrogen and oxygen atoms in total. The summed E-state index contributed by atoms with van der Waals surface area (Å²) in [6.45, 7) is 0.129. The molecule has 25 heavy (non-hydrogen) atoms. The molecular formula is C16H14ClF3N2O3. The van der Waals surface area contributed by atoms with Gasteiger partial charge in [0.1, 0.15) is 18.2 Å². The molecule has 0 radical (unpaired) electrons. The SMILES string of the molecule is COc1ccc(C(=O)OCCNc2ncc(C(F)(F)F)cc2Cl)cc1. The number of anilines is 1. The molecule has 0 unspecified atom stereocenters. The van der Waals surface area contributed by atoms with Gasteiger partial charge in [-0.25, -0.2) is 9.78 Å². The predicted molar refractivity (Wildman–Crippen MR) is 86.0 cm³/mol. The number of aromatic nitrogens is 1. The zero-order valence-corrected chi connectivity index (χ0v) is 13.8. The topological polar surface area (TPSA) is 60.5 Å². The number of methoxy groups -OCH3 is 1. The molecule has 0 amide bonds. The second-order valence-corrected chi connectivity index (χ2v) is 5.25. The van der Waals surface area contributed by atoms with Crippen molar-refractivity contribution in [1.29, 1.82) is 0 Å². The van der Waals surface area contributed by atoms with Gasteiger partial charge in [0, 0.05) is 6.20 Å². The van der Waals surface area contributed by atoms with E-state index in [1.807, 2.05) is 0 Å². The molecule has 0 aliphatic carbocycles. The van der Waals surface area contributed by atoms with Crippen LogP contribution in [0, 0.1) is 0 Å². The van der Waals surface area contributed by atoms with E-state index in [-0.39, 0.29) is 24.0 Å². The molecule has 2 aromatic rings. The van der Waals surface area contributed by atoms with Gasteiger partial charge in [0.25, 0.3) is 0 Å². The minimum atomic E-state index is -4.51. The van der Waals surface area contributed by atoms with Crippen molar-refractivity contribution in [3.8, 4) is 5.75 Å². The third-order valence-electron chi connectivity index (χ3n) is 3.12. The Kier molecular flexibility index (Phi) is 6.08. The zero-order valence-electron chi connectivity index (χ0n) is 13.1. The molecule has 0 fully saturated rings. The summed E-state index contributed by atoms with van der Waals surface area (Å²) in [4.78, 5) is 15.4. The van der Waals surface area contributed by atoms with E-state index >= 15 is 0 Å². The van der Waals surface area contributed by atoms with Crippen LogP contribution in [0.25, 0.3) is 0 Å². The molecule has 0 aliphatic heterocycles. The van der Waals surface area contributed by atoms with Gasteiger partial charge < -0.3 is 14.8 Å². The van der Waals surface area contributed by atoms with Crippen LogP contribution >= 0.6 is 11.6 Å². The summed E-state index contributed by atoms with van der Waals surface area (Å²) >= 11 is 5.76. The second kappa shape index (κ2) is 8.06. The minimum Gasteiger partial charge on any atom is -0.497 e. The number of carbonyl (C=O) groups excluding carboxylic acids is 1. The second-order valence-electron chi connectivity index (χ2n) is 4.84. The molecule has 0 saturated carbocycles. The maximum absolute atomic E-state index is 12.5. The predicted octanol–water partition coefficient (Wildman–Crippen LogP) is 4.03. The van der Waals surface area contributed by atoms with Gasteiger partial charge in [-0.15, -0.1) is 0 Å². The number of carbonyl (C=O) groups is 1. The van der Waals surface area contributed by atoms with E-state index in [1.165, 1.54) is 7.11 Å². The van der Waals surface area contributed by atoms with E-state index in [0.29, 0.717) is 17.5 Å². The fourth-order valence-corrected chi connectivity index (χ4v) is 2.08. The Labute approximate surface area is 146 Å². The highest BCUT2D eigenvalue weighted by Gasteiger charge is 2.31. The van der Waals surface area contributed by atoms with Gasteiger partial charge in [-0.1, -0.05) is 11.6 Å². The third kappa shape index (κ3) is 5.25. The van der Waals surface area contributed by atoms with Crippen LogP contribution in [0.1, 0.15) is 15.9 Å². The summed E-state index contributed by atoms with van der Waals surface area (Å²) in [5.74, 6) is 0.160. The monoisotopic (exact) mass is 374 g/mol. The smallest absolute Gasteiger partial charge is 0.417 e. The lowest BCUT2D eigenvalue weighted by Crippen LogP contribution is -2.15. The van der Waals surface area contributed by atoms with Crippen LogP contribution in [-0.4, -0.2) is 31.2 Å². The van der Waals surface area contributed by atoms with Gasteiger partial charge in [0.2, 0.25) is 0 Å². The van der Waals surface area contributed by atoms with E-state index in [1.54, 1.807) is 24.3 Å². The number of hydrogen-bond acceptors (Lipinski definition) is 5. The number of hydrogen-bond donors (Lipinski definition) is 1. The molecule has 1 aromatic carbocycles. The van der Waals surface area contributed by atoms with Crippen LogP contribution in [0.15, 0.2) is 36.5 Å². The van der Waals surface area contributed by atoms with E-state index in [2.05, 4.69) is 10.3 Å². The number of halogens is 4. The Balaban J connectivity index is 1.83. The maximum Gasteiger partial charge on any atom is 0.417 e. The van der Waals surface area contributed by atoms with Crippen molar-refractivity contribution < 1.29 is 27.4 Å². The molecule has 1 aromatic heterocycles. The Morgan fingerprint density at radius 3 is 2.52 bits per heavy atom. The third-order valence-corrected chi connectivity index (χ3v) is 3.41. The maximum atomic E-state index is 12.5. The summed E-state index contributed by atoms with van der Waals surface area (Å²) in [5.41, 5.74) is -0.583. The zero-order chi connectivity index (χ0) is 18.4. The largest absolute Gasteiger partial charge is 0.497 e. The van der Waals surface area contributed by atoms with Gasteiger partial charge in [-0.2, -0.15) is 13.2 Å². The van der Waals surface area contributed by atoms with Crippen LogP contribution in [-0.2, 0) is 10.9 Å². The number of nitrogens with one attached hydrogen (secondary N) is 1. The van der Waals surface area contributed by atoms with Crippen LogP contribution in [0.3, 0.4) is 0 Å². The fourth-order valence-electron chi connectivity index (χ4n) is 1.85. The average molecular weight is 375 g/mol. The van der Waals surface area contributed by atoms with Gasteiger partial charge in [0.05, 0.1) is 29.8 Å². The van der Waals surface area contributed by atoms with E-state index < -0.39 is 17.7 Å². The van der Waals surface area contributed by atoms with Gasteiger partial charge in [-0.05, 0) is 30.3 Å². The number of ether oxygens (including phenoxy) is 2. The molecule has 9 heteroatoms. The number of alkyl halides is 3. The summed E-state index contributed by atoms with van der Waals surface area (Å²) in [7, 11) is 1.51. The summed E-state index contributed by atoms with van der Waals surface area (Å²) in [5, 5.41) is 2.54. The van der Waals surface area contributed by atoms with Crippen molar-refractivity contribution in [2.75, 3.05) is 25.6 Å². The Bertz CT molecular complexity index is 736. The van der Waals surface area contributed by atoms with Gasteiger partial charge in [-0.3, -0.25) is 0 Å². The molecule has 0 spiro atoms. The summed E-state index contributed by atoms with van der Waals surface area (Å²) in [6, 6.07) is 7.15. The highest BCUT2D eigenvalue weighted by Crippen LogP contribution is 2.32. The molecule has 134 valence electrons. The Morgan fingerprint density at radius 1 is 1.28 bits per heavy atom. The molecule has 2 rings (SSSR count). The number of pyridine rings is 1. The number of benzene rings is 1. The van der Waals surface area contributed by atoms with Crippen LogP contribution in [0.5, 0.6) is 5.75 Å². The lowest BCUT2D eigenvalue weighted by atomic mass is 10.2. The lowest BCUT2D eigenvalue weighted by molar-refractivity contribution is -0.137. The molecular weight excluding hydrogens is 361 g/mol. The highest BCUT2D eigenvalue weighted by molar-refractivity contribution is 6.32. The molecule has 0 aliphatic rings. The minimum absolute atomic E-state index is 0.0100. The highest BCUT2D eigenvalue weighted by atomic mass is 35.5.